The molecule has 0 aromatic heterocycles. The highest BCUT2D eigenvalue weighted by molar-refractivity contribution is 5.59. The van der Waals surface area contributed by atoms with Gasteiger partial charge in [0.1, 0.15) is 0 Å². The molecule has 0 saturated carbocycles. The molecule has 0 spiro atoms. The van der Waals surface area contributed by atoms with Crippen molar-refractivity contribution in [1.82, 2.24) is 0 Å². The number of methoxy groups -OCH3 is 1. The quantitative estimate of drug-likeness (QED) is 0.827. The normalized spacial score (nSPS) is 26.6. The van der Waals surface area contributed by atoms with E-state index in [0.29, 0.717) is 30.9 Å². The molecule has 0 bridgehead atoms. The van der Waals surface area contributed by atoms with Gasteiger partial charge in [0.15, 0.2) is 11.5 Å². The molecule has 2 atom stereocenters. The summed E-state index contributed by atoms with van der Waals surface area (Å²) in [7, 11) is 1.61. The first-order valence-corrected chi connectivity index (χ1v) is 6.88. The molecule has 4 heteroatoms. The van der Waals surface area contributed by atoms with E-state index in [2.05, 4.69) is 12.1 Å². The van der Waals surface area contributed by atoms with Crippen molar-refractivity contribution in [2.24, 2.45) is 5.92 Å². The summed E-state index contributed by atoms with van der Waals surface area (Å²) in [6.45, 7) is 0.502. The van der Waals surface area contributed by atoms with E-state index in [-0.39, 0.29) is 5.92 Å². The third-order valence-electron chi connectivity index (χ3n) is 4.61. The first-order valence-electron chi connectivity index (χ1n) is 6.88. The molecule has 102 valence electrons. The van der Waals surface area contributed by atoms with E-state index in [1.165, 1.54) is 0 Å². The second-order valence-corrected chi connectivity index (χ2v) is 5.41. The van der Waals surface area contributed by atoms with Crippen LogP contribution in [0.25, 0.3) is 0 Å². The summed E-state index contributed by atoms with van der Waals surface area (Å²) in [5.74, 6) is 1.47. The van der Waals surface area contributed by atoms with Crippen LogP contribution in [0.2, 0.25) is 0 Å². The predicted octanol–water partition coefficient (Wildman–Crippen LogP) is 2.72. The predicted molar refractivity (Wildman–Crippen MR) is 72.4 cm³/mol. The number of hydrogen-bond acceptors (Lipinski definition) is 4. The van der Waals surface area contributed by atoms with E-state index < -0.39 is 5.41 Å². The van der Waals surface area contributed by atoms with Crippen LogP contribution in [0.3, 0.4) is 0 Å². The fraction of sp³-hybridized carbons (Fsp3) is 0.500. The zero-order valence-electron chi connectivity index (χ0n) is 11.5. The molecule has 0 fully saturated rings. The second kappa shape index (κ2) is 4.72. The largest absolute Gasteiger partial charge is 0.493 e. The second-order valence-electron chi connectivity index (χ2n) is 5.41. The van der Waals surface area contributed by atoms with Crippen LogP contribution in [-0.4, -0.2) is 13.7 Å². The Balaban J connectivity index is 2.24. The van der Waals surface area contributed by atoms with Gasteiger partial charge in [-0.1, -0.05) is 6.07 Å². The van der Waals surface area contributed by atoms with E-state index in [1.54, 1.807) is 7.11 Å². The lowest BCUT2D eigenvalue weighted by molar-refractivity contribution is 0.176. The molecule has 2 aliphatic rings. The average molecular weight is 268 g/mol. The van der Waals surface area contributed by atoms with Gasteiger partial charge in [0, 0.05) is 18.4 Å². The Hall–Kier alpha value is -2.20. The first kappa shape index (κ1) is 12.8. The number of rotatable bonds is 2. The number of aryl methyl sites for hydroxylation is 1. The number of benzene rings is 1. The van der Waals surface area contributed by atoms with Gasteiger partial charge in [-0.15, -0.1) is 0 Å². The monoisotopic (exact) mass is 268 g/mol. The summed E-state index contributed by atoms with van der Waals surface area (Å²) in [4.78, 5) is 0. The lowest BCUT2D eigenvalue weighted by Gasteiger charge is -2.43. The molecule has 1 aliphatic heterocycles. The van der Waals surface area contributed by atoms with Crippen molar-refractivity contribution in [3.05, 3.63) is 23.3 Å². The SMILES string of the molecule is COc1ccc2c3c1OCCC3(C#N)C(CC#N)CC2. The number of ether oxygens (including phenoxy) is 2. The number of nitriles is 2. The maximum Gasteiger partial charge on any atom is 0.166 e. The lowest BCUT2D eigenvalue weighted by atomic mass is 9.60. The Morgan fingerprint density at radius 1 is 1.45 bits per heavy atom. The molecular weight excluding hydrogens is 252 g/mol. The summed E-state index contributed by atoms with van der Waals surface area (Å²) in [5, 5.41) is 18.9. The van der Waals surface area contributed by atoms with Crippen LogP contribution in [0.5, 0.6) is 11.5 Å². The molecule has 0 amide bonds. The van der Waals surface area contributed by atoms with Crippen LogP contribution in [-0.2, 0) is 11.8 Å². The molecule has 2 unspecified atom stereocenters. The zero-order chi connectivity index (χ0) is 14.2. The molecule has 3 rings (SSSR count). The van der Waals surface area contributed by atoms with Crippen molar-refractivity contribution in [3.63, 3.8) is 0 Å². The third-order valence-corrected chi connectivity index (χ3v) is 4.61. The Kier molecular flexibility index (Phi) is 3.03. The van der Waals surface area contributed by atoms with Crippen LogP contribution in [0, 0.1) is 28.6 Å². The average Bonchev–Trinajstić information content (AvgIpc) is 2.50. The van der Waals surface area contributed by atoms with Crippen LogP contribution in [0.1, 0.15) is 30.4 Å². The first-order chi connectivity index (χ1) is 9.76. The van der Waals surface area contributed by atoms with Crippen LogP contribution < -0.4 is 9.47 Å². The summed E-state index contributed by atoms with van der Waals surface area (Å²) < 4.78 is 11.2. The molecule has 1 aromatic rings. The van der Waals surface area contributed by atoms with E-state index in [1.807, 2.05) is 12.1 Å². The minimum absolute atomic E-state index is 0.0831. The van der Waals surface area contributed by atoms with Gasteiger partial charge >= 0.3 is 0 Å². The van der Waals surface area contributed by atoms with Crippen molar-refractivity contribution in [2.75, 3.05) is 13.7 Å². The van der Waals surface area contributed by atoms with Gasteiger partial charge in [-0.3, -0.25) is 0 Å². The summed E-state index contributed by atoms with van der Waals surface area (Å²) in [5.41, 5.74) is 1.54. The minimum Gasteiger partial charge on any atom is -0.493 e. The standard InChI is InChI=1S/C16H16N2O2/c1-19-13-5-3-11-2-4-12(6-8-17)16(10-18)7-9-20-15(13)14(11)16/h3,5,12H,2,4,6-7,9H2,1H3. The van der Waals surface area contributed by atoms with Crippen LogP contribution >= 0.6 is 0 Å². The van der Waals surface area contributed by atoms with Crippen molar-refractivity contribution in [3.8, 4) is 23.6 Å². The van der Waals surface area contributed by atoms with Crippen molar-refractivity contribution >= 4 is 0 Å². The Morgan fingerprint density at radius 2 is 2.30 bits per heavy atom. The van der Waals surface area contributed by atoms with Gasteiger partial charge in [-0.2, -0.15) is 10.5 Å². The molecule has 0 saturated heterocycles. The maximum atomic E-state index is 9.85. The van der Waals surface area contributed by atoms with Gasteiger partial charge in [0.25, 0.3) is 0 Å². The molecule has 4 nitrogen and oxygen atoms in total. The van der Waals surface area contributed by atoms with Crippen molar-refractivity contribution in [2.45, 2.75) is 31.1 Å². The molecule has 20 heavy (non-hydrogen) atoms. The molecule has 0 N–H and O–H groups in total. The number of nitrogens with zero attached hydrogens (tertiary/aromatic N) is 2. The van der Waals surface area contributed by atoms with Gasteiger partial charge in [0.05, 0.1) is 31.3 Å². The highest BCUT2D eigenvalue weighted by Crippen LogP contribution is 2.53. The summed E-state index contributed by atoms with van der Waals surface area (Å²) >= 11 is 0. The molecule has 1 aromatic carbocycles. The van der Waals surface area contributed by atoms with E-state index >= 15 is 0 Å². The summed E-state index contributed by atoms with van der Waals surface area (Å²) in [6, 6.07) is 8.69. The topological polar surface area (TPSA) is 66.0 Å². The van der Waals surface area contributed by atoms with E-state index in [4.69, 9.17) is 14.7 Å². The van der Waals surface area contributed by atoms with Gasteiger partial charge in [-0.25, -0.2) is 0 Å². The smallest absolute Gasteiger partial charge is 0.166 e. The van der Waals surface area contributed by atoms with E-state index in [9.17, 15) is 5.26 Å². The van der Waals surface area contributed by atoms with Gasteiger partial charge in [0.2, 0.25) is 0 Å². The fourth-order valence-corrected chi connectivity index (χ4v) is 3.62. The third kappa shape index (κ3) is 1.58. The Morgan fingerprint density at radius 3 is 3.00 bits per heavy atom. The zero-order valence-corrected chi connectivity index (χ0v) is 11.5. The Labute approximate surface area is 118 Å². The highest BCUT2D eigenvalue weighted by Gasteiger charge is 2.49. The van der Waals surface area contributed by atoms with Crippen LogP contribution in [0.4, 0.5) is 0 Å². The Bertz CT molecular complexity index is 627. The molecule has 0 radical (unpaired) electrons. The van der Waals surface area contributed by atoms with Gasteiger partial charge < -0.3 is 9.47 Å². The fourth-order valence-electron chi connectivity index (χ4n) is 3.62. The summed E-state index contributed by atoms with van der Waals surface area (Å²) in [6.07, 6.45) is 2.86. The minimum atomic E-state index is -0.592. The van der Waals surface area contributed by atoms with Crippen LogP contribution in [0.15, 0.2) is 12.1 Å². The number of hydrogen-bond donors (Lipinski definition) is 0. The van der Waals surface area contributed by atoms with E-state index in [0.717, 1.165) is 24.0 Å². The van der Waals surface area contributed by atoms with Gasteiger partial charge in [-0.05, 0) is 30.4 Å². The maximum absolute atomic E-state index is 9.85. The molecular formula is C16H16N2O2. The highest BCUT2D eigenvalue weighted by atomic mass is 16.5. The lowest BCUT2D eigenvalue weighted by Crippen LogP contribution is -2.42. The van der Waals surface area contributed by atoms with Crippen molar-refractivity contribution < 1.29 is 9.47 Å². The molecule has 1 aliphatic carbocycles. The molecule has 1 heterocycles. The van der Waals surface area contributed by atoms with Crippen molar-refractivity contribution in [1.29, 1.82) is 10.5 Å².